The quantitative estimate of drug-likeness (QED) is 0.464. The second-order valence-electron chi connectivity index (χ2n) is 4.52. The summed E-state index contributed by atoms with van der Waals surface area (Å²) in [5.74, 6) is 0. The smallest absolute Gasteiger partial charge is 0.285 e. The van der Waals surface area contributed by atoms with Gasteiger partial charge in [-0.05, 0) is 18.4 Å². The number of nitro groups is 1. The first-order chi connectivity index (χ1) is 8.56. The number of aromatic nitrogens is 1. The van der Waals surface area contributed by atoms with Gasteiger partial charge in [-0.2, -0.15) is 0 Å². The van der Waals surface area contributed by atoms with Crippen molar-refractivity contribution in [1.82, 2.24) is 9.88 Å². The third-order valence-corrected chi connectivity index (χ3v) is 2.79. The van der Waals surface area contributed by atoms with E-state index in [2.05, 4.69) is 11.9 Å². The van der Waals surface area contributed by atoms with Crippen LogP contribution >= 0.6 is 0 Å². The van der Waals surface area contributed by atoms with E-state index < -0.39 is 4.92 Å². The van der Waals surface area contributed by atoms with E-state index in [0.29, 0.717) is 19.1 Å². The second-order valence-corrected chi connectivity index (χ2v) is 4.52. The first-order valence-corrected chi connectivity index (χ1v) is 5.81. The molecule has 2 rings (SSSR count). The Morgan fingerprint density at radius 3 is 2.89 bits per heavy atom. The Morgan fingerprint density at radius 1 is 1.56 bits per heavy atom. The normalized spacial score (nSPS) is 14.4. The van der Waals surface area contributed by atoms with Gasteiger partial charge >= 0.3 is 0 Å². The molecular formula is C12H15N3O3. The lowest BCUT2D eigenvalue weighted by atomic mass is 10.3. The maximum atomic E-state index is 11.6. The molecule has 0 spiro atoms. The molecule has 0 amide bonds. The second kappa shape index (κ2) is 5.14. The summed E-state index contributed by atoms with van der Waals surface area (Å²) in [6, 6.07) is 2.99. The van der Waals surface area contributed by atoms with Gasteiger partial charge in [0.15, 0.2) is 0 Å². The number of hydrogen-bond donors (Lipinski definition) is 1. The summed E-state index contributed by atoms with van der Waals surface area (Å²) in [6.07, 6.45) is 3.62. The SMILES string of the molecule is C=C(CNC1CC1)Cn1cc([N+](=O)[O-])ccc1=O. The van der Waals surface area contributed by atoms with Crippen LogP contribution in [0.5, 0.6) is 0 Å². The lowest BCUT2D eigenvalue weighted by molar-refractivity contribution is -0.385. The third kappa shape index (κ3) is 3.27. The van der Waals surface area contributed by atoms with Crippen molar-refractivity contribution in [2.75, 3.05) is 6.54 Å². The molecule has 1 saturated carbocycles. The van der Waals surface area contributed by atoms with Gasteiger partial charge in [0.05, 0.1) is 11.1 Å². The monoisotopic (exact) mass is 249 g/mol. The summed E-state index contributed by atoms with van der Waals surface area (Å²) >= 11 is 0. The van der Waals surface area contributed by atoms with E-state index in [1.54, 1.807) is 0 Å². The Hall–Kier alpha value is -1.95. The van der Waals surface area contributed by atoms with Gasteiger partial charge < -0.3 is 9.88 Å². The Morgan fingerprint density at radius 2 is 2.28 bits per heavy atom. The van der Waals surface area contributed by atoms with Gasteiger partial charge in [-0.15, -0.1) is 0 Å². The predicted molar refractivity (Wildman–Crippen MR) is 67.5 cm³/mol. The molecule has 1 aliphatic carbocycles. The summed E-state index contributed by atoms with van der Waals surface area (Å²) in [6.45, 7) is 4.82. The summed E-state index contributed by atoms with van der Waals surface area (Å²) in [5, 5.41) is 13.9. The van der Waals surface area contributed by atoms with Gasteiger partial charge in [0.2, 0.25) is 0 Å². The molecule has 1 fully saturated rings. The van der Waals surface area contributed by atoms with E-state index in [1.165, 1.54) is 35.7 Å². The van der Waals surface area contributed by atoms with E-state index in [4.69, 9.17) is 0 Å². The van der Waals surface area contributed by atoms with Crippen LogP contribution in [-0.2, 0) is 6.54 Å². The third-order valence-electron chi connectivity index (χ3n) is 2.79. The molecule has 6 heteroatoms. The molecule has 0 saturated heterocycles. The van der Waals surface area contributed by atoms with Gasteiger partial charge in [0.1, 0.15) is 0 Å². The maximum Gasteiger partial charge on any atom is 0.285 e. The lowest BCUT2D eigenvalue weighted by Crippen LogP contribution is -2.25. The van der Waals surface area contributed by atoms with Crippen molar-refractivity contribution in [1.29, 1.82) is 0 Å². The van der Waals surface area contributed by atoms with Crippen LogP contribution in [0.25, 0.3) is 0 Å². The minimum Gasteiger partial charge on any atom is -0.310 e. The molecule has 0 unspecified atom stereocenters. The molecule has 0 radical (unpaired) electrons. The fraction of sp³-hybridized carbons (Fsp3) is 0.417. The zero-order valence-electron chi connectivity index (χ0n) is 9.96. The number of nitrogens with one attached hydrogen (secondary N) is 1. The molecule has 1 aromatic heterocycles. The molecular weight excluding hydrogens is 234 g/mol. The summed E-state index contributed by atoms with van der Waals surface area (Å²) in [5.41, 5.74) is 0.496. The van der Waals surface area contributed by atoms with Gasteiger partial charge in [-0.25, -0.2) is 0 Å². The minimum absolute atomic E-state index is 0.0856. The van der Waals surface area contributed by atoms with Gasteiger partial charge in [-0.1, -0.05) is 6.58 Å². The van der Waals surface area contributed by atoms with Crippen LogP contribution in [0.3, 0.4) is 0 Å². The molecule has 1 aromatic rings. The first-order valence-electron chi connectivity index (χ1n) is 5.81. The van der Waals surface area contributed by atoms with Crippen LogP contribution in [0.1, 0.15) is 12.8 Å². The van der Waals surface area contributed by atoms with Crippen LogP contribution in [-0.4, -0.2) is 22.1 Å². The van der Waals surface area contributed by atoms with Crippen molar-refractivity contribution >= 4 is 5.69 Å². The molecule has 0 aliphatic heterocycles. The Labute approximate surface area is 104 Å². The number of rotatable bonds is 6. The summed E-state index contributed by atoms with van der Waals surface area (Å²) < 4.78 is 1.31. The molecule has 1 N–H and O–H groups in total. The first kappa shape index (κ1) is 12.5. The van der Waals surface area contributed by atoms with Crippen molar-refractivity contribution in [3.05, 3.63) is 50.9 Å². The summed E-state index contributed by atoms with van der Waals surface area (Å²) in [4.78, 5) is 21.7. The van der Waals surface area contributed by atoms with E-state index in [1.807, 2.05) is 0 Å². The Balaban J connectivity index is 2.02. The van der Waals surface area contributed by atoms with Gasteiger partial charge in [0, 0.05) is 31.3 Å². The highest BCUT2D eigenvalue weighted by molar-refractivity contribution is 5.25. The van der Waals surface area contributed by atoms with Crippen molar-refractivity contribution in [2.45, 2.75) is 25.4 Å². The topological polar surface area (TPSA) is 77.2 Å². The molecule has 1 heterocycles. The average molecular weight is 249 g/mol. The largest absolute Gasteiger partial charge is 0.310 e. The molecule has 18 heavy (non-hydrogen) atoms. The molecule has 0 bridgehead atoms. The molecule has 96 valence electrons. The number of hydrogen-bond acceptors (Lipinski definition) is 4. The molecule has 0 atom stereocenters. The lowest BCUT2D eigenvalue weighted by Gasteiger charge is -2.09. The van der Waals surface area contributed by atoms with Crippen LogP contribution in [0.4, 0.5) is 5.69 Å². The highest BCUT2D eigenvalue weighted by Crippen LogP contribution is 2.18. The fourth-order valence-corrected chi connectivity index (χ4v) is 1.62. The number of nitrogens with zero attached hydrogens (tertiary/aromatic N) is 2. The average Bonchev–Trinajstić information content (AvgIpc) is 3.13. The zero-order chi connectivity index (χ0) is 13.1. The zero-order valence-corrected chi connectivity index (χ0v) is 9.96. The fourth-order valence-electron chi connectivity index (χ4n) is 1.62. The van der Waals surface area contributed by atoms with Crippen LogP contribution < -0.4 is 10.9 Å². The standard InChI is InChI=1S/C12H15N3O3/c1-9(6-13-10-2-3-10)7-14-8-11(15(17)18)4-5-12(14)16/h4-5,8,10,13H,1-3,6-7H2. The van der Waals surface area contributed by atoms with E-state index in [0.717, 1.165) is 5.57 Å². The van der Waals surface area contributed by atoms with Crippen molar-refractivity contribution < 1.29 is 4.92 Å². The molecule has 6 nitrogen and oxygen atoms in total. The molecule has 0 aromatic carbocycles. The highest BCUT2D eigenvalue weighted by atomic mass is 16.6. The van der Waals surface area contributed by atoms with Crippen LogP contribution in [0.15, 0.2) is 35.3 Å². The van der Waals surface area contributed by atoms with E-state index >= 15 is 0 Å². The summed E-state index contributed by atoms with van der Waals surface area (Å²) in [7, 11) is 0. The van der Waals surface area contributed by atoms with Crippen LogP contribution in [0, 0.1) is 10.1 Å². The minimum atomic E-state index is -0.513. The van der Waals surface area contributed by atoms with E-state index in [-0.39, 0.29) is 11.2 Å². The van der Waals surface area contributed by atoms with Crippen molar-refractivity contribution in [3.8, 4) is 0 Å². The molecule has 1 aliphatic rings. The number of pyridine rings is 1. The van der Waals surface area contributed by atoms with E-state index in [9.17, 15) is 14.9 Å². The Bertz CT molecular complexity index is 532. The van der Waals surface area contributed by atoms with Gasteiger partial charge in [0.25, 0.3) is 11.2 Å². The van der Waals surface area contributed by atoms with Gasteiger partial charge in [-0.3, -0.25) is 14.9 Å². The van der Waals surface area contributed by atoms with Crippen LogP contribution in [0.2, 0.25) is 0 Å². The predicted octanol–water partition coefficient (Wildman–Crippen LogP) is 1.06. The highest BCUT2D eigenvalue weighted by Gasteiger charge is 2.20. The Kier molecular flexibility index (Phi) is 3.57. The van der Waals surface area contributed by atoms with Crippen molar-refractivity contribution in [2.24, 2.45) is 0 Å². The van der Waals surface area contributed by atoms with Crippen molar-refractivity contribution in [3.63, 3.8) is 0 Å². The maximum absolute atomic E-state index is 11.6.